The summed E-state index contributed by atoms with van der Waals surface area (Å²) < 4.78 is 5.92. The monoisotopic (exact) mass is 497 g/mol. The van der Waals surface area contributed by atoms with Crippen LogP contribution in [0.15, 0.2) is 65.1 Å². The summed E-state index contributed by atoms with van der Waals surface area (Å²) in [6.45, 7) is 4.75. The highest BCUT2D eigenvalue weighted by Crippen LogP contribution is 2.27. The van der Waals surface area contributed by atoms with Crippen molar-refractivity contribution in [2.45, 2.75) is 26.3 Å². The van der Waals surface area contributed by atoms with E-state index >= 15 is 0 Å². The number of hydrogen-bond donors (Lipinski definition) is 2. The van der Waals surface area contributed by atoms with Gasteiger partial charge in [0.25, 0.3) is 5.91 Å². The number of hydrogen-bond acceptors (Lipinski definition) is 4. The Morgan fingerprint density at radius 3 is 2.52 bits per heavy atom. The van der Waals surface area contributed by atoms with Gasteiger partial charge in [0.15, 0.2) is 10.7 Å². The highest BCUT2D eigenvalue weighted by molar-refractivity contribution is 7.80. The van der Waals surface area contributed by atoms with Crippen molar-refractivity contribution >= 4 is 57.5 Å². The number of nitrogens with zero attached hydrogens (tertiary/aromatic N) is 1. The van der Waals surface area contributed by atoms with Gasteiger partial charge in [-0.25, -0.2) is 4.98 Å². The second-order valence-corrected chi connectivity index (χ2v) is 9.11. The molecule has 3 aromatic carbocycles. The van der Waals surface area contributed by atoms with Gasteiger partial charge in [-0.3, -0.25) is 10.1 Å². The average Bonchev–Trinajstić information content (AvgIpc) is 3.21. The van der Waals surface area contributed by atoms with Crippen LogP contribution in [0.4, 0.5) is 0 Å². The fourth-order valence-electron chi connectivity index (χ4n) is 3.26. The van der Waals surface area contributed by atoms with Crippen molar-refractivity contribution in [2.24, 2.45) is 0 Å². The van der Waals surface area contributed by atoms with Gasteiger partial charge >= 0.3 is 0 Å². The van der Waals surface area contributed by atoms with Gasteiger partial charge in [-0.05, 0) is 71.7 Å². The van der Waals surface area contributed by atoms with Crippen LogP contribution in [0.3, 0.4) is 0 Å². The van der Waals surface area contributed by atoms with Gasteiger partial charge in [0.2, 0.25) is 5.89 Å². The van der Waals surface area contributed by atoms with Gasteiger partial charge in [-0.15, -0.1) is 0 Å². The van der Waals surface area contributed by atoms with E-state index in [0.717, 1.165) is 22.2 Å². The molecule has 0 aliphatic heterocycles. The zero-order valence-corrected chi connectivity index (χ0v) is 20.3. The summed E-state index contributed by atoms with van der Waals surface area (Å²) in [6, 6.07) is 18.6. The van der Waals surface area contributed by atoms with Gasteiger partial charge < -0.3 is 9.73 Å². The van der Waals surface area contributed by atoms with Crippen molar-refractivity contribution in [2.75, 3.05) is 0 Å². The van der Waals surface area contributed by atoms with Crippen molar-refractivity contribution in [1.82, 2.24) is 15.6 Å². The molecular weight excluding hydrogens is 477 g/mol. The largest absolute Gasteiger partial charge is 0.436 e. The first-order valence-electron chi connectivity index (χ1n) is 10.3. The van der Waals surface area contributed by atoms with Gasteiger partial charge in [0, 0.05) is 17.1 Å². The molecule has 0 atom stereocenters. The number of carbonyl (C=O) groups is 1. The van der Waals surface area contributed by atoms with Crippen LogP contribution < -0.4 is 10.6 Å². The van der Waals surface area contributed by atoms with Crippen molar-refractivity contribution in [3.63, 3.8) is 0 Å². The first-order valence-corrected chi connectivity index (χ1v) is 11.5. The molecule has 33 heavy (non-hydrogen) atoms. The Morgan fingerprint density at radius 1 is 1.06 bits per heavy atom. The second-order valence-electron chi connectivity index (χ2n) is 7.86. The fraction of sp³-hybridized carbons (Fsp3) is 0.160. The normalized spacial score (nSPS) is 11.1. The standard InChI is InChI=1S/C25H21Cl2N3O2S/c1-14(2)17-7-10-22-21(11-17)29-24(32-22)16-5-3-15(4-6-16)13-28-25(33)30-23(31)19-9-8-18(26)12-20(19)27/h3-12,14H,13H2,1-2H3,(H2,28,30,31,33). The molecule has 168 valence electrons. The summed E-state index contributed by atoms with van der Waals surface area (Å²) in [5.74, 6) is 0.606. The predicted molar refractivity (Wildman–Crippen MR) is 137 cm³/mol. The molecule has 0 bridgehead atoms. The predicted octanol–water partition coefficient (Wildman–Crippen LogP) is 6.73. The van der Waals surface area contributed by atoms with E-state index in [1.54, 1.807) is 12.1 Å². The molecule has 2 N–H and O–H groups in total. The maximum atomic E-state index is 12.3. The highest BCUT2D eigenvalue weighted by Gasteiger charge is 2.13. The fourth-order valence-corrected chi connectivity index (χ4v) is 3.92. The zero-order chi connectivity index (χ0) is 23.5. The molecule has 4 rings (SSSR count). The topological polar surface area (TPSA) is 67.2 Å². The van der Waals surface area contributed by atoms with E-state index in [4.69, 9.17) is 39.8 Å². The number of oxazole rings is 1. The van der Waals surface area contributed by atoms with Crippen molar-refractivity contribution in [3.05, 3.63) is 87.4 Å². The molecule has 5 nitrogen and oxygen atoms in total. The third-order valence-electron chi connectivity index (χ3n) is 5.14. The first kappa shape index (κ1) is 23.2. The first-order chi connectivity index (χ1) is 15.8. The zero-order valence-electron chi connectivity index (χ0n) is 18.0. The van der Waals surface area contributed by atoms with Crippen LogP contribution in [0.5, 0.6) is 0 Å². The number of carbonyl (C=O) groups excluding carboxylic acids is 1. The van der Waals surface area contributed by atoms with E-state index in [9.17, 15) is 4.79 Å². The summed E-state index contributed by atoms with van der Waals surface area (Å²) in [5.41, 5.74) is 5.01. The molecule has 0 aliphatic carbocycles. The van der Waals surface area contributed by atoms with E-state index in [-0.39, 0.29) is 10.1 Å². The Labute approximate surface area is 207 Å². The van der Waals surface area contributed by atoms with Crippen LogP contribution in [-0.2, 0) is 6.54 Å². The number of benzene rings is 3. The van der Waals surface area contributed by atoms with E-state index in [1.165, 1.54) is 11.6 Å². The maximum absolute atomic E-state index is 12.3. The Bertz CT molecular complexity index is 1330. The number of aromatic nitrogens is 1. The molecule has 0 aliphatic rings. The third kappa shape index (κ3) is 5.53. The van der Waals surface area contributed by atoms with Gasteiger partial charge in [-0.2, -0.15) is 0 Å². The highest BCUT2D eigenvalue weighted by atomic mass is 35.5. The summed E-state index contributed by atoms with van der Waals surface area (Å²) in [6.07, 6.45) is 0. The quantitative estimate of drug-likeness (QED) is 0.299. The summed E-state index contributed by atoms with van der Waals surface area (Å²) in [4.78, 5) is 17.0. The molecule has 1 amide bonds. The van der Waals surface area contributed by atoms with Gasteiger partial charge in [0.05, 0.1) is 10.6 Å². The van der Waals surface area contributed by atoms with Crippen LogP contribution in [0.2, 0.25) is 10.0 Å². The SMILES string of the molecule is CC(C)c1ccc2oc(-c3ccc(CNC(=S)NC(=O)c4ccc(Cl)cc4Cl)cc3)nc2c1. The lowest BCUT2D eigenvalue weighted by atomic mass is 10.0. The van der Waals surface area contributed by atoms with Crippen LogP contribution in [0, 0.1) is 0 Å². The molecule has 1 aromatic heterocycles. The minimum atomic E-state index is -0.402. The number of rotatable bonds is 5. The van der Waals surface area contributed by atoms with Crippen molar-refractivity contribution in [1.29, 1.82) is 0 Å². The molecule has 0 unspecified atom stereocenters. The molecule has 0 spiro atoms. The number of nitrogens with one attached hydrogen (secondary N) is 2. The van der Waals surface area contributed by atoms with Crippen LogP contribution in [0.25, 0.3) is 22.6 Å². The van der Waals surface area contributed by atoms with Crippen molar-refractivity contribution in [3.8, 4) is 11.5 Å². The number of fused-ring (bicyclic) bond motifs is 1. The lowest BCUT2D eigenvalue weighted by Crippen LogP contribution is -2.38. The molecule has 0 saturated carbocycles. The Morgan fingerprint density at radius 2 is 1.82 bits per heavy atom. The molecular formula is C25H21Cl2N3O2S. The Kier molecular flexibility index (Phi) is 6.98. The van der Waals surface area contributed by atoms with E-state index < -0.39 is 5.91 Å². The molecule has 0 saturated heterocycles. The molecule has 0 fully saturated rings. The van der Waals surface area contributed by atoms with Crippen LogP contribution in [0.1, 0.15) is 41.3 Å². The number of amides is 1. The van der Waals surface area contributed by atoms with Crippen LogP contribution >= 0.6 is 35.4 Å². The number of halogens is 2. The summed E-state index contributed by atoms with van der Waals surface area (Å²) >= 11 is 17.2. The smallest absolute Gasteiger partial charge is 0.258 e. The lowest BCUT2D eigenvalue weighted by Gasteiger charge is -2.11. The van der Waals surface area contributed by atoms with E-state index in [1.807, 2.05) is 30.3 Å². The van der Waals surface area contributed by atoms with Crippen molar-refractivity contribution < 1.29 is 9.21 Å². The second kappa shape index (κ2) is 9.91. The third-order valence-corrected chi connectivity index (χ3v) is 5.93. The molecule has 8 heteroatoms. The summed E-state index contributed by atoms with van der Waals surface area (Å²) in [7, 11) is 0. The summed E-state index contributed by atoms with van der Waals surface area (Å²) in [5, 5.41) is 6.56. The minimum absolute atomic E-state index is 0.204. The molecule has 0 radical (unpaired) electrons. The van der Waals surface area contributed by atoms with Gasteiger partial charge in [0.1, 0.15) is 5.52 Å². The minimum Gasteiger partial charge on any atom is -0.436 e. The van der Waals surface area contributed by atoms with Crippen LogP contribution in [-0.4, -0.2) is 16.0 Å². The average molecular weight is 498 g/mol. The van der Waals surface area contributed by atoms with E-state index in [0.29, 0.717) is 28.9 Å². The van der Waals surface area contributed by atoms with Gasteiger partial charge in [-0.1, -0.05) is 55.2 Å². The maximum Gasteiger partial charge on any atom is 0.258 e. The lowest BCUT2D eigenvalue weighted by molar-refractivity contribution is 0.0977. The molecule has 4 aromatic rings. The number of thiocarbonyl (C=S) groups is 1. The van der Waals surface area contributed by atoms with E-state index in [2.05, 4.69) is 41.6 Å². The Hall–Kier alpha value is -2.93. The Balaban J connectivity index is 1.37. The molecule has 1 heterocycles.